The highest BCUT2D eigenvalue weighted by Crippen LogP contribution is 2.49. The van der Waals surface area contributed by atoms with Gasteiger partial charge in [-0.15, -0.1) is 0 Å². The zero-order valence-corrected chi connectivity index (χ0v) is 20.9. The van der Waals surface area contributed by atoms with Crippen LogP contribution in [0.2, 0.25) is 0 Å². The fourth-order valence-electron chi connectivity index (χ4n) is 5.50. The Bertz CT molecular complexity index is 1060. The second-order valence-electron chi connectivity index (χ2n) is 8.84. The monoisotopic (exact) mass is 509 g/mol. The van der Waals surface area contributed by atoms with Gasteiger partial charge in [0, 0.05) is 13.3 Å². The number of nitrogens with zero attached hydrogens (tertiary/aromatic N) is 2. The van der Waals surface area contributed by atoms with Gasteiger partial charge in [0.2, 0.25) is 5.91 Å². The number of imidazole rings is 1. The Balaban J connectivity index is 0.00000306. The second kappa shape index (κ2) is 10.5. The minimum atomic E-state index is -0.869. The molecule has 0 radical (unpaired) electrons. The van der Waals surface area contributed by atoms with Crippen LogP contribution in [-0.2, 0) is 21.5 Å². The van der Waals surface area contributed by atoms with E-state index in [1.54, 1.807) is 0 Å². The molecule has 0 saturated heterocycles. The van der Waals surface area contributed by atoms with Crippen LogP contribution in [0.1, 0.15) is 55.6 Å². The highest BCUT2D eigenvalue weighted by Gasteiger charge is 2.51. The Morgan fingerprint density at radius 2 is 1.61 bits per heavy atom. The summed E-state index contributed by atoms with van der Waals surface area (Å²) in [6.45, 7) is 4.37. The van der Waals surface area contributed by atoms with Crippen molar-refractivity contribution in [2.45, 2.75) is 57.5 Å². The van der Waals surface area contributed by atoms with Crippen LogP contribution in [0.25, 0.3) is 0 Å². The molecule has 2 atom stereocenters. The molecule has 6 heteroatoms. The molecule has 1 fully saturated rings. The van der Waals surface area contributed by atoms with E-state index in [-0.39, 0.29) is 40.6 Å². The smallest absolute Gasteiger partial charge is 0.253 e. The lowest BCUT2D eigenvalue weighted by molar-refractivity contribution is -0.690. The van der Waals surface area contributed by atoms with E-state index in [0.717, 1.165) is 36.2 Å². The van der Waals surface area contributed by atoms with Crippen molar-refractivity contribution in [3.8, 4) is 0 Å². The van der Waals surface area contributed by atoms with Crippen LogP contribution in [0, 0.1) is 12.8 Å². The molecule has 0 unspecified atom stereocenters. The minimum Gasteiger partial charge on any atom is -1.00 e. The number of rotatable bonds is 8. The molecule has 5 nitrogen and oxygen atoms in total. The summed E-state index contributed by atoms with van der Waals surface area (Å²) < 4.78 is 4.29. The number of hydrogen-bond acceptors (Lipinski definition) is 2. The van der Waals surface area contributed by atoms with Crippen LogP contribution < -0.4 is 27.3 Å². The van der Waals surface area contributed by atoms with Crippen molar-refractivity contribution < 1.29 is 31.1 Å². The van der Waals surface area contributed by atoms with E-state index in [1.165, 1.54) is 0 Å². The SMILES string of the molecule is CCC(=O)C[n+]1ccn([C@@H]2CC[C@H](C(C(N)=O)(c3ccccc3)c3ccccc3)C2)c1C.[Br-]. The topological polar surface area (TPSA) is 69.0 Å². The molecule has 1 heterocycles. The quantitative estimate of drug-likeness (QED) is 0.458. The maximum atomic E-state index is 13.3. The average Bonchev–Trinajstić information content (AvgIpc) is 3.43. The molecule has 1 aromatic heterocycles. The molecular weight excluding hydrogens is 478 g/mol. The summed E-state index contributed by atoms with van der Waals surface area (Å²) in [6.07, 6.45) is 7.33. The van der Waals surface area contributed by atoms with E-state index in [1.807, 2.05) is 78.4 Å². The molecule has 2 aromatic carbocycles. The highest BCUT2D eigenvalue weighted by atomic mass is 79.9. The summed E-state index contributed by atoms with van der Waals surface area (Å²) >= 11 is 0. The summed E-state index contributed by atoms with van der Waals surface area (Å²) in [5.41, 5.74) is 7.26. The van der Waals surface area contributed by atoms with E-state index >= 15 is 0 Å². The van der Waals surface area contributed by atoms with Crippen molar-refractivity contribution in [2.75, 3.05) is 0 Å². The van der Waals surface area contributed by atoms with Crippen molar-refractivity contribution in [1.29, 1.82) is 0 Å². The van der Waals surface area contributed by atoms with E-state index in [2.05, 4.69) is 17.7 Å². The summed E-state index contributed by atoms with van der Waals surface area (Å²) in [4.78, 5) is 25.2. The zero-order chi connectivity index (χ0) is 22.7. The predicted molar refractivity (Wildman–Crippen MR) is 124 cm³/mol. The normalized spacial score (nSPS) is 18.0. The molecule has 3 aromatic rings. The highest BCUT2D eigenvalue weighted by molar-refractivity contribution is 5.91. The minimum absolute atomic E-state index is 0. The molecule has 2 N–H and O–H groups in total. The number of hydrogen-bond donors (Lipinski definition) is 1. The molecule has 33 heavy (non-hydrogen) atoms. The average molecular weight is 510 g/mol. The maximum Gasteiger partial charge on any atom is 0.253 e. The lowest BCUT2D eigenvalue weighted by Gasteiger charge is -2.37. The van der Waals surface area contributed by atoms with Gasteiger partial charge < -0.3 is 22.7 Å². The van der Waals surface area contributed by atoms with Crippen molar-refractivity contribution in [2.24, 2.45) is 11.7 Å². The number of primary amides is 1. The van der Waals surface area contributed by atoms with E-state index in [9.17, 15) is 9.59 Å². The molecule has 4 rings (SSSR count). The van der Waals surface area contributed by atoms with Crippen molar-refractivity contribution in [1.82, 2.24) is 4.57 Å². The second-order valence-corrected chi connectivity index (χ2v) is 8.84. The van der Waals surface area contributed by atoms with Crippen LogP contribution in [0.15, 0.2) is 73.1 Å². The summed E-state index contributed by atoms with van der Waals surface area (Å²) in [7, 11) is 0. The first-order chi connectivity index (χ1) is 15.5. The Hall–Kier alpha value is -2.73. The summed E-state index contributed by atoms with van der Waals surface area (Å²) in [6, 6.07) is 20.2. The van der Waals surface area contributed by atoms with Gasteiger partial charge in [-0.05, 0) is 36.3 Å². The number of aromatic nitrogens is 2. The molecule has 174 valence electrons. The van der Waals surface area contributed by atoms with Gasteiger partial charge >= 0.3 is 0 Å². The number of nitrogens with two attached hydrogens (primary N) is 1. The zero-order valence-electron chi connectivity index (χ0n) is 19.3. The molecule has 1 aliphatic rings. The van der Waals surface area contributed by atoms with Gasteiger partial charge in [-0.25, -0.2) is 9.13 Å². The predicted octanol–water partition coefficient (Wildman–Crippen LogP) is 0.880. The number of benzene rings is 2. The first kappa shape index (κ1) is 24.9. The molecule has 1 aliphatic carbocycles. The van der Waals surface area contributed by atoms with Crippen LogP contribution in [0.4, 0.5) is 0 Å². The standard InChI is InChI=1S/C27H31N3O2.BrH/c1-3-25(31)19-29-16-17-30(20(29)2)24-15-14-23(18-24)27(26(28)32,21-10-6-4-7-11-21)22-12-8-5-9-13-22;/h4-13,16-17,23-24H,3,14-15,18-19H2,1-2H3,(H-,28,32);1H/t23-,24+;/m0./s1. The van der Waals surface area contributed by atoms with Crippen molar-refractivity contribution in [3.05, 3.63) is 90.0 Å². The third kappa shape index (κ3) is 4.54. The van der Waals surface area contributed by atoms with E-state index < -0.39 is 5.41 Å². The van der Waals surface area contributed by atoms with E-state index in [0.29, 0.717) is 13.0 Å². The summed E-state index contributed by atoms with van der Waals surface area (Å²) in [5, 5.41) is 0. The van der Waals surface area contributed by atoms with Gasteiger partial charge in [-0.3, -0.25) is 9.59 Å². The number of carbonyl (C=O) groups is 2. The Morgan fingerprint density at radius 3 is 2.12 bits per heavy atom. The lowest BCUT2D eigenvalue weighted by atomic mass is 9.64. The molecule has 0 aliphatic heterocycles. The molecular formula is C27H32BrN3O2. The maximum absolute atomic E-state index is 13.3. The first-order valence-corrected chi connectivity index (χ1v) is 11.5. The number of amides is 1. The van der Waals surface area contributed by atoms with Crippen LogP contribution in [-0.4, -0.2) is 16.3 Å². The molecule has 0 spiro atoms. The number of Topliss-reactive ketones (excluding diaryl/α,β-unsaturated/α-hetero) is 1. The fourth-order valence-corrected chi connectivity index (χ4v) is 5.50. The Morgan fingerprint density at radius 1 is 1.03 bits per heavy atom. The van der Waals surface area contributed by atoms with Crippen LogP contribution in [0.5, 0.6) is 0 Å². The van der Waals surface area contributed by atoms with Crippen LogP contribution in [0.3, 0.4) is 0 Å². The lowest BCUT2D eigenvalue weighted by Crippen LogP contribution is -3.00. The third-order valence-electron chi connectivity index (χ3n) is 7.20. The number of halogens is 1. The van der Waals surface area contributed by atoms with Gasteiger partial charge in [0.1, 0.15) is 30.4 Å². The van der Waals surface area contributed by atoms with Crippen LogP contribution >= 0.6 is 0 Å². The van der Waals surface area contributed by atoms with Gasteiger partial charge in [0.15, 0.2) is 5.78 Å². The van der Waals surface area contributed by atoms with Gasteiger partial charge in [0.05, 0.1) is 0 Å². The third-order valence-corrected chi connectivity index (χ3v) is 7.20. The van der Waals surface area contributed by atoms with E-state index in [4.69, 9.17) is 5.73 Å². The van der Waals surface area contributed by atoms with Crippen molar-refractivity contribution >= 4 is 11.7 Å². The van der Waals surface area contributed by atoms with Gasteiger partial charge in [-0.2, -0.15) is 0 Å². The molecule has 0 bridgehead atoms. The largest absolute Gasteiger partial charge is 1.00 e. The van der Waals surface area contributed by atoms with Crippen molar-refractivity contribution in [3.63, 3.8) is 0 Å². The number of ketones is 1. The molecule has 1 amide bonds. The van der Waals surface area contributed by atoms with Gasteiger partial charge in [-0.1, -0.05) is 67.6 Å². The summed E-state index contributed by atoms with van der Waals surface area (Å²) in [5.74, 6) is 1.08. The van der Waals surface area contributed by atoms with Gasteiger partial charge in [0.25, 0.3) is 5.82 Å². The molecule has 1 saturated carbocycles. The fraction of sp³-hybridized carbons (Fsp3) is 0.370. The Kier molecular flexibility index (Phi) is 7.90. The first-order valence-electron chi connectivity index (χ1n) is 11.5. The number of carbonyl (C=O) groups excluding carboxylic acids is 2. The Labute approximate surface area is 206 Å².